The van der Waals surface area contributed by atoms with Crippen molar-refractivity contribution in [3.05, 3.63) is 153 Å². The third-order valence-electron chi connectivity index (χ3n) is 6.58. The third kappa shape index (κ3) is 10.8. The number of halogens is 1. The second kappa shape index (κ2) is 19.6. The summed E-state index contributed by atoms with van der Waals surface area (Å²) in [6, 6.07) is 34.6. The van der Waals surface area contributed by atoms with Crippen LogP contribution in [0.5, 0.6) is 0 Å². The number of rotatable bonds is 7. The van der Waals surface area contributed by atoms with Crippen LogP contribution in [0.3, 0.4) is 0 Å². The Bertz CT molecular complexity index is 2010. The monoisotopic (exact) mass is 717 g/mol. The number of aromatic amines is 1. The predicted octanol–water partition coefficient (Wildman–Crippen LogP) is 7.75. The Morgan fingerprint density at radius 3 is 2.08 bits per heavy atom. The average molecular weight is 719 g/mol. The SMILES string of the molecule is C.Clc1c(-c2ccccc2)nnn1Cc1ccc(-c2nn[nH]n2)cc1.[C-]#Cc1ccccc1.[Cu+].[N-]=[N+]=NCc1ccc(C2=NN=NC2)cc1. The van der Waals surface area contributed by atoms with Crippen LogP contribution in [-0.4, -0.2) is 47.9 Å². The van der Waals surface area contributed by atoms with E-state index in [1.165, 1.54) is 0 Å². The molecule has 0 spiro atoms. The van der Waals surface area contributed by atoms with Gasteiger partial charge in [0.05, 0.1) is 18.8 Å². The first kappa shape index (κ1) is 37.5. The molecule has 49 heavy (non-hydrogen) atoms. The van der Waals surface area contributed by atoms with E-state index in [9.17, 15) is 0 Å². The van der Waals surface area contributed by atoms with E-state index in [1.54, 1.807) is 4.68 Å². The third-order valence-corrected chi connectivity index (χ3v) is 6.96. The van der Waals surface area contributed by atoms with Crippen LogP contribution in [0.25, 0.3) is 33.1 Å². The molecular formula is C34H29ClCuN13. The van der Waals surface area contributed by atoms with Gasteiger partial charge in [-0.25, -0.2) is 4.68 Å². The van der Waals surface area contributed by atoms with Crippen LogP contribution in [0.15, 0.2) is 130 Å². The second-order valence-corrected chi connectivity index (χ2v) is 10.1. The Kier molecular flexibility index (Phi) is 15.0. The minimum absolute atomic E-state index is 0. The molecule has 0 bridgehead atoms. The molecule has 0 saturated heterocycles. The van der Waals surface area contributed by atoms with Crippen LogP contribution in [0, 0.1) is 12.3 Å². The number of hydrogen-bond acceptors (Lipinski definition) is 9. The molecule has 3 heterocycles. The van der Waals surface area contributed by atoms with E-state index in [0.717, 1.165) is 39.1 Å². The Morgan fingerprint density at radius 1 is 0.857 bits per heavy atom. The smallest absolute Gasteiger partial charge is 0.366 e. The van der Waals surface area contributed by atoms with Crippen molar-refractivity contribution in [3.63, 3.8) is 0 Å². The summed E-state index contributed by atoms with van der Waals surface area (Å²) in [6.45, 7) is 1.44. The number of nitrogens with zero attached hydrogens (tertiary/aromatic N) is 12. The maximum atomic E-state index is 8.17. The summed E-state index contributed by atoms with van der Waals surface area (Å²) < 4.78 is 1.67. The Labute approximate surface area is 298 Å². The van der Waals surface area contributed by atoms with Gasteiger partial charge in [-0.3, -0.25) is 5.92 Å². The summed E-state index contributed by atoms with van der Waals surface area (Å²) >= 11 is 6.43. The number of hydrogen-bond donors (Lipinski definition) is 1. The van der Waals surface area contributed by atoms with Gasteiger partial charge >= 0.3 is 17.1 Å². The van der Waals surface area contributed by atoms with Crippen LogP contribution in [-0.2, 0) is 30.2 Å². The fourth-order valence-electron chi connectivity index (χ4n) is 4.19. The maximum Gasteiger partial charge on any atom is 1.00 e. The molecule has 0 radical (unpaired) electrons. The van der Waals surface area contributed by atoms with Crippen LogP contribution < -0.4 is 0 Å². The molecule has 1 aliphatic heterocycles. The molecule has 0 unspecified atom stereocenters. The van der Waals surface area contributed by atoms with Gasteiger partial charge in [-0.2, -0.15) is 10.3 Å². The molecule has 248 valence electrons. The molecule has 6 aromatic rings. The first-order chi connectivity index (χ1) is 23.1. The molecule has 0 aliphatic carbocycles. The van der Waals surface area contributed by atoms with Gasteiger partial charge in [-0.1, -0.05) is 126 Å². The normalized spacial score (nSPS) is 10.7. The molecule has 0 fully saturated rings. The summed E-state index contributed by atoms with van der Waals surface area (Å²) in [4.78, 5) is 2.70. The zero-order chi connectivity index (χ0) is 32.7. The molecule has 1 N–H and O–H groups in total. The first-order valence-corrected chi connectivity index (χ1v) is 14.5. The largest absolute Gasteiger partial charge is 1.00 e. The summed E-state index contributed by atoms with van der Waals surface area (Å²) in [6.07, 6.45) is 6.69. The van der Waals surface area contributed by atoms with E-state index in [1.807, 2.05) is 109 Å². The molecule has 1 aliphatic rings. The van der Waals surface area contributed by atoms with Crippen LogP contribution in [0.1, 0.15) is 29.7 Å². The molecule has 15 heteroatoms. The predicted molar refractivity (Wildman–Crippen MR) is 184 cm³/mol. The molecule has 0 saturated carbocycles. The fourth-order valence-corrected chi connectivity index (χ4v) is 4.43. The Balaban J connectivity index is 0.000000223. The quantitative estimate of drug-likeness (QED) is 0.0443. The zero-order valence-electron chi connectivity index (χ0n) is 25.1. The number of H-pyrrole nitrogens is 1. The molecule has 4 aromatic carbocycles. The molecule has 0 atom stereocenters. The van der Waals surface area contributed by atoms with Crippen molar-refractivity contribution in [2.75, 3.05) is 6.54 Å². The summed E-state index contributed by atoms with van der Waals surface area (Å²) in [5.41, 5.74) is 15.4. The molecule has 7 rings (SSSR count). The minimum atomic E-state index is 0. The van der Waals surface area contributed by atoms with Crippen LogP contribution >= 0.6 is 11.6 Å². The van der Waals surface area contributed by atoms with Gasteiger partial charge in [0.1, 0.15) is 12.2 Å². The number of aromatic nitrogens is 7. The fraction of sp³-hybridized carbons (Fsp3) is 0.118. The van der Waals surface area contributed by atoms with Gasteiger partial charge in [0, 0.05) is 16.0 Å². The van der Waals surface area contributed by atoms with Crippen molar-refractivity contribution in [1.82, 2.24) is 35.6 Å². The maximum absolute atomic E-state index is 8.17. The zero-order valence-corrected chi connectivity index (χ0v) is 26.8. The first-order valence-electron chi connectivity index (χ1n) is 14.1. The Hall–Kier alpha value is -5.96. The van der Waals surface area contributed by atoms with Crippen molar-refractivity contribution in [2.45, 2.75) is 20.5 Å². The summed E-state index contributed by atoms with van der Waals surface area (Å²) in [7, 11) is 0. The van der Waals surface area contributed by atoms with Crippen molar-refractivity contribution in [3.8, 4) is 28.6 Å². The molecular weight excluding hydrogens is 689 g/mol. The number of nitrogens with one attached hydrogen (secondary N) is 1. The number of tetrazole rings is 1. The van der Waals surface area contributed by atoms with E-state index >= 15 is 0 Å². The number of benzene rings is 4. The summed E-state index contributed by atoms with van der Waals surface area (Å²) in [5, 5.41) is 37.5. The van der Waals surface area contributed by atoms with Crippen LogP contribution in [0.4, 0.5) is 0 Å². The minimum Gasteiger partial charge on any atom is -0.366 e. The van der Waals surface area contributed by atoms with Gasteiger partial charge in [-0.15, -0.1) is 38.1 Å². The van der Waals surface area contributed by atoms with E-state index in [-0.39, 0.29) is 24.5 Å². The van der Waals surface area contributed by atoms with Gasteiger partial charge in [-0.05, 0) is 32.7 Å². The molecule has 2 aromatic heterocycles. The standard InChI is InChI=1S/C16H12ClN7.C9H8N6.C8H5.CH4.Cu/c17-15-14(12-4-2-1-3-5-12)18-23-24(15)10-11-6-8-13(9-7-11)16-19-21-22-20-16;10-14-11-5-7-1-3-8(4-2-7)9-6-12-15-13-9;1-2-8-6-4-3-5-7-8;;/h1-9H,10H2,(H,19,20,21,22);1-4H,5-6H2;3-7H;1H4;/q;;-1;;+1. The van der Waals surface area contributed by atoms with E-state index in [4.69, 9.17) is 23.6 Å². The molecule has 0 amide bonds. The Morgan fingerprint density at radius 2 is 1.51 bits per heavy atom. The van der Waals surface area contributed by atoms with Crippen molar-refractivity contribution >= 4 is 17.3 Å². The average Bonchev–Trinajstić information content (AvgIpc) is 3.94. The topological polar surface area (TPSA) is 171 Å². The number of azide groups is 1. The van der Waals surface area contributed by atoms with Crippen molar-refractivity contribution in [2.24, 2.45) is 20.6 Å². The van der Waals surface area contributed by atoms with E-state index in [2.05, 4.69) is 62.3 Å². The van der Waals surface area contributed by atoms with Gasteiger partial charge < -0.3 is 6.42 Å². The van der Waals surface area contributed by atoms with Gasteiger partial charge in [0.15, 0.2) is 5.15 Å². The van der Waals surface area contributed by atoms with E-state index in [0.29, 0.717) is 36.3 Å². The van der Waals surface area contributed by atoms with Crippen molar-refractivity contribution in [1.29, 1.82) is 0 Å². The second-order valence-electron chi connectivity index (χ2n) is 9.70. The van der Waals surface area contributed by atoms with Gasteiger partial charge in [0.25, 0.3) is 0 Å². The van der Waals surface area contributed by atoms with Crippen molar-refractivity contribution < 1.29 is 17.1 Å². The van der Waals surface area contributed by atoms with Crippen LogP contribution in [0.2, 0.25) is 5.15 Å². The summed E-state index contributed by atoms with van der Waals surface area (Å²) in [5.74, 6) is 2.84. The molecule has 13 nitrogen and oxygen atoms in total. The van der Waals surface area contributed by atoms with Gasteiger partial charge in [0.2, 0.25) is 5.82 Å². The van der Waals surface area contributed by atoms with E-state index < -0.39 is 0 Å².